The molecule has 0 saturated heterocycles. The minimum absolute atomic E-state index is 0.523. The molecular formula is C23H27Cl2Zr-. The molecule has 26 heavy (non-hydrogen) atoms. The summed E-state index contributed by atoms with van der Waals surface area (Å²) < 4.78 is 0. The second-order valence-electron chi connectivity index (χ2n) is 7.22. The molecule has 0 fully saturated rings. The van der Waals surface area contributed by atoms with E-state index < -0.39 is 20.8 Å². The van der Waals surface area contributed by atoms with Gasteiger partial charge in [0.15, 0.2) is 0 Å². The third kappa shape index (κ3) is 4.86. The van der Waals surface area contributed by atoms with Crippen LogP contribution in [0.3, 0.4) is 0 Å². The minimum atomic E-state index is -0.826. The first-order valence-corrected chi connectivity index (χ1v) is 15.5. The van der Waals surface area contributed by atoms with Crippen molar-refractivity contribution in [3.05, 3.63) is 65.2 Å². The number of fused-ring (bicyclic) bond motifs is 1. The summed E-state index contributed by atoms with van der Waals surface area (Å²) in [6.07, 6.45) is 1.09. The molecule has 0 aliphatic carbocycles. The molecule has 3 aromatic carbocycles. The van der Waals surface area contributed by atoms with Crippen molar-refractivity contribution in [1.29, 1.82) is 0 Å². The molecule has 0 spiro atoms. The molecule has 0 aliphatic heterocycles. The SMILES string of the molecule is CCc1cc2c(-c3ccccc3C(C)C)c(C(C)C)ccc2[cH-]1.[Cl][Zr][Cl]. The molecule has 0 N–H and O–H groups in total. The Morgan fingerprint density at radius 2 is 1.54 bits per heavy atom. The molecular weight excluding hydrogens is 438 g/mol. The Bertz CT molecular complexity index is 847. The standard InChI is InChI=1S/C23H27.2ClH.Zr/c1-6-17-13-18-11-12-20(16(4)5)23(22(18)14-17)21-10-8-7-9-19(21)15(2)3;;;/h7-16H,6H2,1-5H3;2*1H;/q-1;;;+2/p-2. The fourth-order valence-electron chi connectivity index (χ4n) is 3.57. The van der Waals surface area contributed by atoms with Gasteiger partial charge in [0.25, 0.3) is 0 Å². The van der Waals surface area contributed by atoms with Crippen molar-refractivity contribution in [2.24, 2.45) is 0 Å². The molecule has 138 valence electrons. The summed E-state index contributed by atoms with van der Waals surface area (Å²) in [6, 6.07) is 18.3. The summed E-state index contributed by atoms with van der Waals surface area (Å²) in [5, 5.41) is 2.79. The van der Waals surface area contributed by atoms with Crippen LogP contribution in [0.1, 0.15) is 63.1 Å². The van der Waals surface area contributed by atoms with E-state index in [0.29, 0.717) is 11.8 Å². The van der Waals surface area contributed by atoms with Gasteiger partial charge >= 0.3 is 37.9 Å². The maximum atomic E-state index is 4.93. The van der Waals surface area contributed by atoms with Gasteiger partial charge in [-0.2, -0.15) is 6.07 Å². The van der Waals surface area contributed by atoms with Crippen molar-refractivity contribution in [2.45, 2.75) is 52.9 Å². The Morgan fingerprint density at radius 1 is 0.923 bits per heavy atom. The Balaban J connectivity index is 0.000000758. The number of hydrogen-bond donors (Lipinski definition) is 0. The molecule has 3 aromatic rings. The first-order chi connectivity index (χ1) is 12.4. The van der Waals surface area contributed by atoms with Crippen molar-refractivity contribution in [1.82, 2.24) is 0 Å². The maximum absolute atomic E-state index is 4.93. The topological polar surface area (TPSA) is 0 Å². The molecule has 0 heterocycles. The van der Waals surface area contributed by atoms with E-state index in [2.05, 4.69) is 83.1 Å². The number of hydrogen-bond acceptors (Lipinski definition) is 0. The van der Waals surface area contributed by atoms with E-state index in [1.54, 1.807) is 0 Å². The number of benzene rings is 2. The Hall–Kier alpha value is -0.487. The van der Waals surface area contributed by atoms with Crippen LogP contribution in [0.4, 0.5) is 0 Å². The van der Waals surface area contributed by atoms with Crippen LogP contribution >= 0.6 is 17.0 Å². The molecule has 0 saturated carbocycles. The van der Waals surface area contributed by atoms with Gasteiger partial charge in [-0.3, -0.25) is 0 Å². The van der Waals surface area contributed by atoms with Crippen molar-refractivity contribution < 1.29 is 20.8 Å². The van der Waals surface area contributed by atoms with E-state index in [0.717, 1.165) is 6.42 Å². The summed E-state index contributed by atoms with van der Waals surface area (Å²) in [5.74, 6) is 1.05. The quantitative estimate of drug-likeness (QED) is 0.339. The van der Waals surface area contributed by atoms with Crippen LogP contribution < -0.4 is 0 Å². The average Bonchev–Trinajstić information content (AvgIpc) is 3.04. The van der Waals surface area contributed by atoms with Crippen molar-refractivity contribution >= 4 is 27.8 Å². The first kappa shape index (κ1) is 21.8. The number of halogens is 2. The molecule has 3 heteroatoms. The van der Waals surface area contributed by atoms with Crippen LogP contribution in [-0.2, 0) is 27.3 Å². The fraction of sp³-hybridized carbons (Fsp3) is 0.348. The summed E-state index contributed by atoms with van der Waals surface area (Å²) in [5.41, 5.74) is 7.19. The van der Waals surface area contributed by atoms with Crippen molar-refractivity contribution in [3.63, 3.8) is 0 Å². The van der Waals surface area contributed by atoms with E-state index in [4.69, 9.17) is 17.0 Å². The van der Waals surface area contributed by atoms with E-state index in [-0.39, 0.29) is 0 Å². The zero-order valence-corrected chi connectivity index (χ0v) is 20.2. The predicted octanol–water partition coefficient (Wildman–Crippen LogP) is 8.41. The molecule has 0 radical (unpaired) electrons. The van der Waals surface area contributed by atoms with Crippen molar-refractivity contribution in [3.8, 4) is 11.1 Å². The Kier molecular flexibility index (Phi) is 8.53. The van der Waals surface area contributed by atoms with Gasteiger partial charge in [0, 0.05) is 0 Å². The third-order valence-electron chi connectivity index (χ3n) is 4.86. The molecule has 0 bridgehead atoms. The van der Waals surface area contributed by atoms with E-state index in [1.165, 1.54) is 38.6 Å². The molecule has 0 aromatic heterocycles. The van der Waals surface area contributed by atoms with E-state index in [9.17, 15) is 0 Å². The Morgan fingerprint density at radius 3 is 2.12 bits per heavy atom. The summed E-state index contributed by atoms with van der Waals surface area (Å²) in [4.78, 5) is 0. The summed E-state index contributed by atoms with van der Waals surface area (Å²) in [6.45, 7) is 11.4. The van der Waals surface area contributed by atoms with Crippen LogP contribution in [0.25, 0.3) is 21.9 Å². The molecule has 3 rings (SSSR count). The van der Waals surface area contributed by atoms with Gasteiger partial charge < -0.3 is 0 Å². The second kappa shape index (κ2) is 10.2. The van der Waals surface area contributed by atoms with Crippen LogP contribution in [0.15, 0.2) is 48.5 Å². The summed E-state index contributed by atoms with van der Waals surface area (Å²) >= 11 is -0.826. The zero-order valence-electron chi connectivity index (χ0n) is 16.2. The zero-order chi connectivity index (χ0) is 19.3. The molecule has 0 aliphatic rings. The first-order valence-electron chi connectivity index (χ1n) is 9.22. The molecule has 0 amide bonds. The van der Waals surface area contributed by atoms with Gasteiger partial charge in [0.1, 0.15) is 0 Å². The fourth-order valence-corrected chi connectivity index (χ4v) is 3.57. The van der Waals surface area contributed by atoms with Crippen molar-refractivity contribution in [2.75, 3.05) is 0 Å². The monoisotopic (exact) mass is 463 g/mol. The predicted molar refractivity (Wildman–Crippen MR) is 114 cm³/mol. The third-order valence-corrected chi connectivity index (χ3v) is 4.86. The van der Waals surface area contributed by atoms with E-state index in [1.807, 2.05) is 0 Å². The molecule has 0 nitrogen and oxygen atoms in total. The second-order valence-corrected chi connectivity index (χ2v) is 10.9. The molecule has 0 atom stereocenters. The van der Waals surface area contributed by atoms with Gasteiger partial charge in [-0.1, -0.05) is 70.0 Å². The average molecular weight is 466 g/mol. The Labute approximate surface area is 176 Å². The number of aryl methyl sites for hydroxylation is 1. The van der Waals surface area contributed by atoms with Gasteiger partial charge in [-0.25, -0.2) is 0 Å². The van der Waals surface area contributed by atoms with Crippen LogP contribution in [-0.4, -0.2) is 0 Å². The molecule has 0 unspecified atom stereocenters. The van der Waals surface area contributed by atoms with Gasteiger partial charge in [0.2, 0.25) is 0 Å². The van der Waals surface area contributed by atoms with Gasteiger partial charge in [-0.15, -0.1) is 34.5 Å². The number of rotatable bonds is 4. The normalized spacial score (nSPS) is 11.0. The summed E-state index contributed by atoms with van der Waals surface area (Å²) in [7, 11) is 9.87. The van der Waals surface area contributed by atoms with Gasteiger partial charge in [0.05, 0.1) is 0 Å². The van der Waals surface area contributed by atoms with Gasteiger partial charge in [-0.05, 0) is 29.4 Å². The van der Waals surface area contributed by atoms with E-state index >= 15 is 0 Å². The van der Waals surface area contributed by atoms with Crippen LogP contribution in [0.2, 0.25) is 0 Å². The van der Waals surface area contributed by atoms with Crippen LogP contribution in [0, 0.1) is 0 Å². The van der Waals surface area contributed by atoms with Crippen LogP contribution in [0.5, 0.6) is 0 Å².